The van der Waals surface area contributed by atoms with Crippen molar-refractivity contribution in [3.8, 4) is 0 Å². The lowest BCUT2D eigenvalue weighted by Crippen LogP contribution is -2.30. The molecule has 0 radical (unpaired) electrons. The SMILES string of the molecule is CNc1cc(Nc2cccn([C@H]3CCC[C@@H]3OC)c2=O)nc2c(C(O)N[C@@H]3C[C@@H]3F)cnn12. The molecular formula is C22H28FN7O3. The zero-order chi connectivity index (χ0) is 23.1. The van der Waals surface area contributed by atoms with E-state index in [0.717, 1.165) is 19.3 Å². The largest absolute Gasteiger partial charge is 0.379 e. The van der Waals surface area contributed by atoms with Gasteiger partial charge < -0.3 is 25.0 Å². The van der Waals surface area contributed by atoms with E-state index in [1.165, 1.54) is 6.20 Å². The molecule has 5 atom stereocenters. The third-order valence-electron chi connectivity index (χ3n) is 6.45. The number of aliphatic hydroxyl groups is 1. The Morgan fingerprint density at radius 2 is 2.18 bits per heavy atom. The Hall–Kier alpha value is -3.02. The monoisotopic (exact) mass is 457 g/mol. The Morgan fingerprint density at radius 3 is 2.91 bits per heavy atom. The fraction of sp³-hybridized carbons (Fsp3) is 0.500. The molecule has 0 aromatic carbocycles. The minimum Gasteiger partial charge on any atom is -0.379 e. The molecule has 4 N–H and O–H groups in total. The van der Waals surface area contributed by atoms with Gasteiger partial charge in [-0.3, -0.25) is 10.1 Å². The van der Waals surface area contributed by atoms with Gasteiger partial charge in [0, 0.05) is 32.5 Å². The summed E-state index contributed by atoms with van der Waals surface area (Å²) < 4.78 is 22.1. The number of aliphatic hydroxyl groups excluding tert-OH is 1. The number of rotatable bonds is 8. The van der Waals surface area contributed by atoms with Crippen molar-refractivity contribution >= 4 is 23.0 Å². The van der Waals surface area contributed by atoms with Crippen LogP contribution < -0.4 is 21.5 Å². The third kappa shape index (κ3) is 4.07. The number of ether oxygens (including phenoxy) is 1. The fourth-order valence-corrected chi connectivity index (χ4v) is 4.55. The first-order valence-electron chi connectivity index (χ1n) is 11.2. The van der Waals surface area contributed by atoms with Crippen molar-refractivity contribution in [2.45, 2.75) is 56.3 Å². The molecule has 2 aliphatic carbocycles. The van der Waals surface area contributed by atoms with Crippen molar-refractivity contribution in [1.29, 1.82) is 0 Å². The number of aromatic nitrogens is 4. The maximum atomic E-state index is 13.3. The highest BCUT2D eigenvalue weighted by molar-refractivity contribution is 5.65. The van der Waals surface area contributed by atoms with E-state index in [1.54, 1.807) is 41.6 Å². The van der Waals surface area contributed by atoms with Crippen molar-refractivity contribution in [3.63, 3.8) is 0 Å². The second kappa shape index (κ2) is 8.73. The smallest absolute Gasteiger partial charge is 0.274 e. The van der Waals surface area contributed by atoms with Crippen molar-refractivity contribution < 1.29 is 14.2 Å². The topological polar surface area (TPSA) is 118 Å². The summed E-state index contributed by atoms with van der Waals surface area (Å²) in [5.74, 6) is 1.03. The molecule has 2 aliphatic rings. The molecule has 0 bridgehead atoms. The molecule has 0 aliphatic heterocycles. The molecule has 176 valence electrons. The first kappa shape index (κ1) is 21.8. The Kier molecular flexibility index (Phi) is 5.77. The van der Waals surface area contributed by atoms with Gasteiger partial charge in [-0.05, 0) is 37.8 Å². The fourth-order valence-electron chi connectivity index (χ4n) is 4.55. The molecule has 0 spiro atoms. The van der Waals surface area contributed by atoms with E-state index < -0.39 is 12.4 Å². The van der Waals surface area contributed by atoms with Gasteiger partial charge in [0.2, 0.25) is 0 Å². The van der Waals surface area contributed by atoms with Crippen LogP contribution in [0.25, 0.3) is 5.65 Å². The van der Waals surface area contributed by atoms with Crippen LogP contribution in [-0.4, -0.2) is 56.7 Å². The molecule has 33 heavy (non-hydrogen) atoms. The number of pyridine rings is 1. The van der Waals surface area contributed by atoms with Gasteiger partial charge in [0.25, 0.3) is 5.56 Å². The average Bonchev–Trinajstić information content (AvgIpc) is 3.20. The summed E-state index contributed by atoms with van der Waals surface area (Å²) in [4.78, 5) is 17.8. The van der Waals surface area contributed by atoms with Crippen molar-refractivity contribution in [2.24, 2.45) is 0 Å². The van der Waals surface area contributed by atoms with Crippen LogP contribution in [0.3, 0.4) is 0 Å². The molecule has 3 aromatic rings. The standard InChI is InChI=1S/C22H28FN7O3/c1-24-19-10-18(28-20-12(11-25-30(19)20)21(31)27-15-9-13(15)23)26-14-5-4-8-29(22(14)32)16-6-3-7-17(16)33-2/h4-5,8,10-11,13,15-17,21,24,27,31H,3,6-7,9H2,1-2H3,(H,26,28)/t13-,15+,16-,17-,21?/m0/s1. The predicted octanol–water partition coefficient (Wildman–Crippen LogP) is 2.11. The number of nitrogens with one attached hydrogen (secondary N) is 3. The van der Waals surface area contributed by atoms with E-state index in [2.05, 4.69) is 26.0 Å². The molecule has 10 nitrogen and oxygen atoms in total. The maximum absolute atomic E-state index is 13.3. The molecule has 3 aromatic heterocycles. The van der Waals surface area contributed by atoms with E-state index in [9.17, 15) is 14.3 Å². The van der Waals surface area contributed by atoms with Gasteiger partial charge in [0.05, 0.1) is 23.9 Å². The van der Waals surface area contributed by atoms with Gasteiger partial charge in [-0.25, -0.2) is 9.37 Å². The Labute approximate surface area is 189 Å². The predicted molar refractivity (Wildman–Crippen MR) is 122 cm³/mol. The lowest BCUT2D eigenvalue weighted by Gasteiger charge is -2.21. The molecule has 5 rings (SSSR count). The van der Waals surface area contributed by atoms with Crippen molar-refractivity contribution in [1.82, 2.24) is 24.5 Å². The van der Waals surface area contributed by atoms with Gasteiger partial charge in [-0.1, -0.05) is 0 Å². The molecular weight excluding hydrogens is 429 g/mol. The minimum absolute atomic E-state index is 0.00281. The molecule has 0 amide bonds. The maximum Gasteiger partial charge on any atom is 0.274 e. The van der Waals surface area contributed by atoms with Gasteiger partial charge in [-0.15, -0.1) is 0 Å². The summed E-state index contributed by atoms with van der Waals surface area (Å²) in [5, 5.41) is 23.9. The van der Waals surface area contributed by atoms with E-state index >= 15 is 0 Å². The number of alkyl halides is 1. The highest BCUT2D eigenvalue weighted by atomic mass is 19.1. The second-order valence-corrected chi connectivity index (χ2v) is 8.57. The zero-order valence-electron chi connectivity index (χ0n) is 18.5. The van der Waals surface area contributed by atoms with E-state index in [0.29, 0.717) is 35.0 Å². The molecule has 0 saturated heterocycles. The van der Waals surface area contributed by atoms with Gasteiger partial charge in [0.15, 0.2) is 5.65 Å². The van der Waals surface area contributed by atoms with Crippen LogP contribution >= 0.6 is 0 Å². The average molecular weight is 458 g/mol. The van der Waals surface area contributed by atoms with Crippen molar-refractivity contribution in [3.05, 3.63) is 46.5 Å². The van der Waals surface area contributed by atoms with Crippen LogP contribution in [0, 0.1) is 0 Å². The number of hydrogen-bond acceptors (Lipinski definition) is 8. The molecule has 1 unspecified atom stereocenters. The summed E-state index contributed by atoms with van der Waals surface area (Å²) >= 11 is 0. The van der Waals surface area contributed by atoms with E-state index in [1.807, 2.05) is 6.07 Å². The summed E-state index contributed by atoms with van der Waals surface area (Å²) in [6.07, 6.45) is 4.46. The number of hydrogen-bond donors (Lipinski definition) is 4. The number of nitrogens with zero attached hydrogens (tertiary/aromatic N) is 4. The van der Waals surface area contributed by atoms with Crippen LogP contribution in [0.1, 0.15) is 43.5 Å². The van der Waals surface area contributed by atoms with E-state index in [-0.39, 0.29) is 23.7 Å². The Balaban J connectivity index is 1.47. The number of anilines is 3. The summed E-state index contributed by atoms with van der Waals surface area (Å²) in [6.45, 7) is 0. The molecule has 3 heterocycles. The van der Waals surface area contributed by atoms with Crippen LogP contribution in [0.5, 0.6) is 0 Å². The first-order chi connectivity index (χ1) is 16.0. The lowest BCUT2D eigenvalue weighted by molar-refractivity contribution is 0.0739. The van der Waals surface area contributed by atoms with Crippen LogP contribution in [0.4, 0.5) is 21.7 Å². The Bertz CT molecular complexity index is 1210. The summed E-state index contributed by atoms with van der Waals surface area (Å²) in [7, 11) is 3.42. The van der Waals surface area contributed by atoms with Gasteiger partial charge >= 0.3 is 0 Å². The van der Waals surface area contributed by atoms with Crippen molar-refractivity contribution in [2.75, 3.05) is 24.8 Å². The highest BCUT2D eigenvalue weighted by Crippen LogP contribution is 2.32. The number of halogens is 1. The van der Waals surface area contributed by atoms with E-state index in [4.69, 9.17) is 4.74 Å². The quantitative estimate of drug-likeness (QED) is 0.380. The molecule has 2 saturated carbocycles. The lowest BCUT2D eigenvalue weighted by atomic mass is 10.2. The van der Waals surface area contributed by atoms with Crippen LogP contribution in [0.15, 0.2) is 35.4 Å². The van der Waals surface area contributed by atoms with Gasteiger partial charge in [0.1, 0.15) is 29.7 Å². The number of methoxy groups -OCH3 is 1. The Morgan fingerprint density at radius 1 is 1.36 bits per heavy atom. The normalized spacial score (nSPS) is 25.3. The molecule has 11 heteroatoms. The first-order valence-corrected chi connectivity index (χ1v) is 11.2. The summed E-state index contributed by atoms with van der Waals surface area (Å²) in [6, 6.07) is 4.90. The molecule has 2 fully saturated rings. The summed E-state index contributed by atoms with van der Waals surface area (Å²) in [5.41, 5.74) is 1.05. The second-order valence-electron chi connectivity index (χ2n) is 8.57. The van der Waals surface area contributed by atoms with Crippen LogP contribution in [-0.2, 0) is 4.74 Å². The van der Waals surface area contributed by atoms with Gasteiger partial charge in [-0.2, -0.15) is 9.61 Å². The highest BCUT2D eigenvalue weighted by Gasteiger charge is 2.39. The van der Waals surface area contributed by atoms with Crippen LogP contribution in [0.2, 0.25) is 0 Å². The zero-order valence-corrected chi connectivity index (χ0v) is 18.5. The third-order valence-corrected chi connectivity index (χ3v) is 6.45. The number of fused-ring (bicyclic) bond motifs is 1. The minimum atomic E-state index is -1.11.